The van der Waals surface area contributed by atoms with Crippen LogP contribution < -0.4 is 5.32 Å². The highest BCUT2D eigenvalue weighted by Gasteiger charge is 2.19. The molecule has 0 atom stereocenters. The smallest absolute Gasteiger partial charge is 0.240 e. The molecule has 0 aliphatic carbocycles. The summed E-state index contributed by atoms with van der Waals surface area (Å²) in [5.41, 5.74) is 2.97. The lowest BCUT2D eigenvalue weighted by Crippen LogP contribution is -2.46. The fourth-order valence-corrected chi connectivity index (χ4v) is 2.80. The number of carbonyl (C=O) groups is 2. The van der Waals surface area contributed by atoms with Crippen molar-refractivity contribution in [1.82, 2.24) is 20.0 Å². The van der Waals surface area contributed by atoms with Gasteiger partial charge < -0.3 is 10.2 Å². The third kappa shape index (κ3) is 6.88. The first-order valence-electron chi connectivity index (χ1n) is 8.98. The van der Waals surface area contributed by atoms with Crippen molar-refractivity contribution < 1.29 is 9.59 Å². The maximum Gasteiger partial charge on any atom is 0.240 e. The zero-order valence-corrected chi connectivity index (χ0v) is 17.1. The standard InChI is InChI=1S/C19H34N4O2/c1-13(2)11-23-15(4)16(14(3)21-23)9-10-18(25)22(8)12-17(24)20-19(5,6)7/h13H,9-12H2,1-8H3,(H,20,24). The molecule has 0 saturated carbocycles. The Morgan fingerprint density at radius 1 is 1.24 bits per heavy atom. The molecule has 25 heavy (non-hydrogen) atoms. The van der Waals surface area contributed by atoms with Gasteiger partial charge in [-0.3, -0.25) is 14.3 Å². The normalized spacial score (nSPS) is 11.7. The van der Waals surface area contributed by atoms with Crippen LogP contribution in [0.15, 0.2) is 0 Å². The molecule has 1 aromatic rings. The Labute approximate surface area is 152 Å². The van der Waals surface area contributed by atoms with E-state index in [0.717, 1.165) is 23.5 Å². The van der Waals surface area contributed by atoms with Crippen molar-refractivity contribution in [3.63, 3.8) is 0 Å². The summed E-state index contributed by atoms with van der Waals surface area (Å²) < 4.78 is 2.03. The minimum Gasteiger partial charge on any atom is -0.350 e. The average Bonchev–Trinajstić information content (AvgIpc) is 2.68. The molecule has 0 fully saturated rings. The first-order valence-corrected chi connectivity index (χ1v) is 8.98. The van der Waals surface area contributed by atoms with Gasteiger partial charge in [0, 0.05) is 31.2 Å². The number of aryl methyl sites for hydroxylation is 1. The van der Waals surface area contributed by atoms with E-state index in [1.165, 1.54) is 4.90 Å². The number of nitrogens with zero attached hydrogens (tertiary/aromatic N) is 3. The lowest BCUT2D eigenvalue weighted by Gasteiger charge is -2.23. The molecule has 0 aliphatic rings. The Balaban J connectivity index is 2.61. The van der Waals surface area contributed by atoms with Gasteiger partial charge in [-0.05, 0) is 52.5 Å². The summed E-state index contributed by atoms with van der Waals surface area (Å²) in [5, 5.41) is 7.46. The van der Waals surface area contributed by atoms with Crippen molar-refractivity contribution >= 4 is 11.8 Å². The van der Waals surface area contributed by atoms with E-state index < -0.39 is 0 Å². The highest BCUT2D eigenvalue weighted by atomic mass is 16.2. The van der Waals surface area contributed by atoms with Gasteiger partial charge in [-0.25, -0.2) is 0 Å². The zero-order chi connectivity index (χ0) is 19.4. The summed E-state index contributed by atoms with van der Waals surface area (Å²) in [6, 6.07) is 0. The van der Waals surface area contributed by atoms with E-state index in [0.29, 0.717) is 18.8 Å². The van der Waals surface area contributed by atoms with Gasteiger partial charge in [0.15, 0.2) is 0 Å². The highest BCUT2D eigenvalue weighted by molar-refractivity contribution is 5.85. The summed E-state index contributed by atoms with van der Waals surface area (Å²) in [6.07, 6.45) is 1.04. The topological polar surface area (TPSA) is 67.2 Å². The van der Waals surface area contributed by atoms with Gasteiger partial charge in [0.25, 0.3) is 0 Å². The Morgan fingerprint density at radius 3 is 2.36 bits per heavy atom. The summed E-state index contributed by atoms with van der Waals surface area (Å²) in [7, 11) is 1.67. The second-order valence-electron chi connectivity index (χ2n) is 8.27. The molecule has 142 valence electrons. The summed E-state index contributed by atoms with van der Waals surface area (Å²) >= 11 is 0. The van der Waals surface area contributed by atoms with Crippen LogP contribution in [0, 0.1) is 19.8 Å². The fraction of sp³-hybridized carbons (Fsp3) is 0.737. The van der Waals surface area contributed by atoms with Crippen molar-refractivity contribution in [3.8, 4) is 0 Å². The van der Waals surface area contributed by atoms with Crippen molar-refractivity contribution in [2.24, 2.45) is 5.92 Å². The van der Waals surface area contributed by atoms with E-state index in [1.807, 2.05) is 32.4 Å². The molecule has 2 amide bonds. The number of carbonyl (C=O) groups excluding carboxylic acids is 2. The number of rotatable bonds is 7. The minimum absolute atomic E-state index is 0.0283. The van der Waals surface area contributed by atoms with E-state index in [2.05, 4.69) is 31.2 Å². The van der Waals surface area contributed by atoms with Crippen molar-refractivity contribution in [2.75, 3.05) is 13.6 Å². The van der Waals surface area contributed by atoms with Gasteiger partial charge in [-0.1, -0.05) is 13.8 Å². The predicted molar refractivity (Wildman–Crippen MR) is 100 cm³/mol. The largest absolute Gasteiger partial charge is 0.350 e. The Kier molecular flexibility index (Phi) is 7.20. The molecule has 6 heteroatoms. The van der Waals surface area contributed by atoms with Crippen LogP contribution in [0.5, 0.6) is 0 Å². The van der Waals surface area contributed by atoms with Crippen LogP contribution in [0.1, 0.15) is 58.0 Å². The van der Waals surface area contributed by atoms with Gasteiger partial charge in [-0.2, -0.15) is 5.10 Å². The van der Waals surface area contributed by atoms with Gasteiger partial charge in [0.2, 0.25) is 11.8 Å². The number of hydrogen-bond acceptors (Lipinski definition) is 3. The maximum absolute atomic E-state index is 12.3. The number of nitrogens with one attached hydrogen (secondary N) is 1. The molecule has 1 rings (SSSR count). The van der Waals surface area contributed by atoms with Crippen LogP contribution in [0.4, 0.5) is 0 Å². The molecule has 0 aliphatic heterocycles. The van der Waals surface area contributed by atoms with Gasteiger partial charge in [0.1, 0.15) is 0 Å². The van der Waals surface area contributed by atoms with E-state index >= 15 is 0 Å². The molecule has 0 aromatic carbocycles. The van der Waals surface area contributed by atoms with Gasteiger partial charge >= 0.3 is 0 Å². The third-order valence-electron chi connectivity index (χ3n) is 3.98. The van der Waals surface area contributed by atoms with E-state index in [9.17, 15) is 9.59 Å². The van der Waals surface area contributed by atoms with E-state index in [4.69, 9.17) is 0 Å². The van der Waals surface area contributed by atoms with Gasteiger partial charge in [0.05, 0.1) is 12.2 Å². The molecule has 0 unspecified atom stereocenters. The molecule has 0 bridgehead atoms. The molecule has 0 saturated heterocycles. The molecular formula is C19H34N4O2. The van der Waals surface area contributed by atoms with Crippen LogP contribution in [-0.4, -0.2) is 45.6 Å². The molecule has 1 aromatic heterocycles. The first kappa shape index (κ1) is 21.2. The van der Waals surface area contributed by atoms with Crippen molar-refractivity contribution in [2.45, 2.75) is 73.4 Å². The van der Waals surface area contributed by atoms with Crippen LogP contribution in [0.3, 0.4) is 0 Å². The van der Waals surface area contributed by atoms with Crippen molar-refractivity contribution in [3.05, 3.63) is 17.0 Å². The zero-order valence-electron chi connectivity index (χ0n) is 17.1. The molecule has 0 spiro atoms. The predicted octanol–water partition coefficient (Wildman–Crippen LogP) is 2.46. The maximum atomic E-state index is 12.3. The number of likely N-dealkylation sites (N-methyl/N-ethyl adjacent to an activating group) is 1. The molecular weight excluding hydrogens is 316 g/mol. The van der Waals surface area contributed by atoms with Crippen LogP contribution in [-0.2, 0) is 22.6 Å². The van der Waals surface area contributed by atoms with E-state index in [-0.39, 0.29) is 23.9 Å². The number of aromatic nitrogens is 2. The summed E-state index contributed by atoms with van der Waals surface area (Å²) in [5.74, 6) is 0.361. The summed E-state index contributed by atoms with van der Waals surface area (Å²) in [6.45, 7) is 15.1. The second-order valence-corrected chi connectivity index (χ2v) is 8.27. The summed E-state index contributed by atoms with van der Waals surface area (Å²) in [4.78, 5) is 25.8. The molecule has 6 nitrogen and oxygen atoms in total. The van der Waals surface area contributed by atoms with E-state index in [1.54, 1.807) is 7.05 Å². The Hall–Kier alpha value is -1.85. The number of amides is 2. The molecule has 1 N–H and O–H groups in total. The monoisotopic (exact) mass is 350 g/mol. The van der Waals surface area contributed by atoms with Crippen LogP contribution >= 0.6 is 0 Å². The molecule has 0 radical (unpaired) electrons. The SMILES string of the molecule is Cc1nn(CC(C)C)c(C)c1CCC(=O)N(C)CC(=O)NC(C)(C)C. The fourth-order valence-electron chi connectivity index (χ4n) is 2.80. The van der Waals surface area contributed by atoms with Gasteiger partial charge in [-0.15, -0.1) is 0 Å². The lowest BCUT2D eigenvalue weighted by atomic mass is 10.1. The average molecular weight is 351 g/mol. The minimum atomic E-state index is -0.291. The Morgan fingerprint density at radius 2 is 1.84 bits per heavy atom. The first-order chi connectivity index (χ1) is 11.4. The lowest BCUT2D eigenvalue weighted by molar-refractivity contribution is -0.135. The van der Waals surface area contributed by atoms with Crippen LogP contribution in [0.25, 0.3) is 0 Å². The Bertz CT molecular complexity index is 612. The quantitative estimate of drug-likeness (QED) is 0.821. The second kappa shape index (κ2) is 8.50. The van der Waals surface area contributed by atoms with Crippen LogP contribution in [0.2, 0.25) is 0 Å². The number of hydrogen-bond donors (Lipinski definition) is 1. The van der Waals surface area contributed by atoms with Crippen molar-refractivity contribution in [1.29, 1.82) is 0 Å². The highest BCUT2D eigenvalue weighted by Crippen LogP contribution is 2.17. The molecule has 1 heterocycles. The third-order valence-corrected chi connectivity index (χ3v) is 3.98.